The van der Waals surface area contributed by atoms with Crippen LogP contribution in [0.15, 0.2) is 78.0 Å². The number of hydrogen-bond acceptors (Lipinski definition) is 5. The highest BCUT2D eigenvalue weighted by Gasteiger charge is 2.10. The van der Waals surface area contributed by atoms with E-state index in [1.807, 2.05) is 30.6 Å². The van der Waals surface area contributed by atoms with Crippen LogP contribution in [0.2, 0.25) is 0 Å². The largest absolute Gasteiger partial charge is 0.277 e. The zero-order chi connectivity index (χ0) is 19.1. The van der Waals surface area contributed by atoms with Gasteiger partial charge in [-0.25, -0.2) is 14.6 Å². The molecule has 3 aromatic heterocycles. The van der Waals surface area contributed by atoms with Gasteiger partial charge in [0.1, 0.15) is 12.7 Å². The highest BCUT2D eigenvalue weighted by atomic mass is 32.2. The molecule has 27 heavy (non-hydrogen) atoms. The molecular weight excluding hydrogens is 356 g/mol. The van der Waals surface area contributed by atoms with E-state index in [9.17, 15) is 0 Å². The first-order chi connectivity index (χ1) is 13.2. The molecule has 0 aliphatic rings. The topological polar surface area (TPSA) is 72.3 Å². The second kappa shape index (κ2) is 9.14. The number of hydrogen-bond donors (Lipinski definition) is 1. The summed E-state index contributed by atoms with van der Waals surface area (Å²) in [5.41, 5.74) is 4.48. The van der Waals surface area contributed by atoms with Crippen molar-refractivity contribution in [1.29, 1.82) is 0 Å². The van der Waals surface area contributed by atoms with Gasteiger partial charge in [-0.15, -0.1) is 11.8 Å². The SMILES string of the molecule is C=CC(=CCC=C(C)C)CSc1cn[nH]c1-c1ccc(-n2cncn2)nc1. The fourth-order valence-corrected chi connectivity index (χ4v) is 3.39. The van der Waals surface area contributed by atoms with Crippen molar-refractivity contribution in [1.82, 2.24) is 29.9 Å². The summed E-state index contributed by atoms with van der Waals surface area (Å²) >= 11 is 1.73. The van der Waals surface area contributed by atoms with E-state index in [4.69, 9.17) is 0 Å². The van der Waals surface area contributed by atoms with Crippen LogP contribution in [0.25, 0.3) is 17.1 Å². The van der Waals surface area contributed by atoms with Gasteiger partial charge in [-0.05, 0) is 38.0 Å². The summed E-state index contributed by atoms with van der Waals surface area (Å²) in [4.78, 5) is 9.48. The fraction of sp³-hybridized carbons (Fsp3) is 0.200. The summed E-state index contributed by atoms with van der Waals surface area (Å²) in [6, 6.07) is 3.91. The predicted octanol–water partition coefficient (Wildman–Crippen LogP) is 4.61. The molecule has 7 heteroatoms. The number of rotatable bonds is 8. The van der Waals surface area contributed by atoms with Crippen molar-refractivity contribution >= 4 is 11.8 Å². The Morgan fingerprint density at radius 3 is 2.81 bits per heavy atom. The molecule has 0 unspecified atom stereocenters. The highest BCUT2D eigenvalue weighted by molar-refractivity contribution is 7.99. The minimum atomic E-state index is 0.723. The molecule has 0 aliphatic heterocycles. The van der Waals surface area contributed by atoms with Gasteiger partial charge >= 0.3 is 0 Å². The Balaban J connectivity index is 1.70. The van der Waals surface area contributed by atoms with Crippen LogP contribution in [0.4, 0.5) is 0 Å². The molecule has 0 fully saturated rings. The lowest BCUT2D eigenvalue weighted by molar-refractivity contribution is 0.845. The minimum Gasteiger partial charge on any atom is -0.277 e. The van der Waals surface area contributed by atoms with Crippen molar-refractivity contribution in [2.45, 2.75) is 25.2 Å². The maximum absolute atomic E-state index is 4.46. The summed E-state index contributed by atoms with van der Waals surface area (Å²) in [7, 11) is 0. The summed E-state index contributed by atoms with van der Waals surface area (Å²) in [6.07, 6.45) is 14.0. The van der Waals surface area contributed by atoms with E-state index >= 15 is 0 Å². The standard InChI is InChI=1S/C20H22N6S/c1-4-16(7-5-6-15(2)3)12-27-18-11-23-25-20(18)17-8-9-19(22-10-17)26-14-21-13-24-26/h4,6-11,13-14H,1,5,12H2,2-3H3,(H,23,25). The Hall–Kier alpha value is -2.93. The van der Waals surface area contributed by atoms with E-state index in [1.165, 1.54) is 17.5 Å². The molecule has 0 aliphatic carbocycles. The van der Waals surface area contributed by atoms with Gasteiger partial charge in [0.15, 0.2) is 5.82 Å². The van der Waals surface area contributed by atoms with Crippen LogP contribution in [0.5, 0.6) is 0 Å². The van der Waals surface area contributed by atoms with Gasteiger partial charge in [0.25, 0.3) is 0 Å². The first-order valence-corrected chi connectivity index (χ1v) is 9.58. The monoisotopic (exact) mass is 378 g/mol. The minimum absolute atomic E-state index is 0.723. The highest BCUT2D eigenvalue weighted by Crippen LogP contribution is 2.30. The van der Waals surface area contributed by atoms with Crippen molar-refractivity contribution in [3.05, 3.63) is 73.1 Å². The van der Waals surface area contributed by atoms with Crippen molar-refractivity contribution in [2.75, 3.05) is 5.75 Å². The first-order valence-electron chi connectivity index (χ1n) is 8.60. The van der Waals surface area contributed by atoms with Crippen LogP contribution >= 0.6 is 11.8 Å². The van der Waals surface area contributed by atoms with Crippen LogP contribution in [-0.2, 0) is 0 Å². The van der Waals surface area contributed by atoms with Gasteiger partial charge in [0, 0.05) is 17.5 Å². The number of H-pyrrole nitrogens is 1. The maximum Gasteiger partial charge on any atom is 0.155 e. The predicted molar refractivity (Wildman–Crippen MR) is 110 cm³/mol. The van der Waals surface area contributed by atoms with Gasteiger partial charge in [-0.3, -0.25) is 5.10 Å². The number of aromatic nitrogens is 6. The van der Waals surface area contributed by atoms with E-state index < -0.39 is 0 Å². The number of thioether (sulfide) groups is 1. The number of nitrogens with one attached hydrogen (secondary N) is 1. The molecule has 0 amide bonds. The quantitative estimate of drug-likeness (QED) is 0.352. The van der Waals surface area contributed by atoms with Gasteiger partial charge in [0.05, 0.1) is 16.8 Å². The Labute approximate surface area is 163 Å². The lowest BCUT2D eigenvalue weighted by Gasteiger charge is -2.05. The van der Waals surface area contributed by atoms with Gasteiger partial charge in [-0.2, -0.15) is 10.2 Å². The molecule has 0 bridgehead atoms. The lowest BCUT2D eigenvalue weighted by Crippen LogP contribution is -1.97. The summed E-state index contributed by atoms with van der Waals surface area (Å²) in [6.45, 7) is 8.14. The van der Waals surface area contributed by atoms with E-state index in [1.54, 1.807) is 22.8 Å². The molecular formula is C20H22N6S. The smallest absolute Gasteiger partial charge is 0.155 e. The Bertz CT molecular complexity index is 931. The third-order valence-electron chi connectivity index (χ3n) is 3.86. The zero-order valence-electron chi connectivity index (χ0n) is 15.5. The Morgan fingerprint density at radius 2 is 2.15 bits per heavy atom. The van der Waals surface area contributed by atoms with Gasteiger partial charge in [0.2, 0.25) is 0 Å². The fourth-order valence-electron chi connectivity index (χ4n) is 2.40. The molecule has 3 heterocycles. The third kappa shape index (κ3) is 5.04. The molecule has 3 rings (SSSR count). The molecule has 1 N–H and O–H groups in total. The normalized spacial score (nSPS) is 11.4. The Kier molecular flexibility index (Phi) is 6.38. The summed E-state index contributed by atoms with van der Waals surface area (Å²) in [5, 5.41) is 11.4. The van der Waals surface area contributed by atoms with E-state index in [0.29, 0.717) is 0 Å². The lowest BCUT2D eigenvalue weighted by atomic mass is 10.2. The van der Waals surface area contributed by atoms with Crippen molar-refractivity contribution in [3.63, 3.8) is 0 Å². The molecule has 3 aromatic rings. The molecule has 0 atom stereocenters. The number of nitrogens with zero attached hydrogens (tertiary/aromatic N) is 5. The van der Waals surface area contributed by atoms with Crippen LogP contribution in [0, 0.1) is 0 Å². The second-order valence-electron chi connectivity index (χ2n) is 6.14. The summed E-state index contributed by atoms with van der Waals surface area (Å²) < 4.78 is 1.63. The molecule has 0 saturated heterocycles. The average Bonchev–Trinajstić information content (AvgIpc) is 3.36. The van der Waals surface area contributed by atoms with Crippen LogP contribution < -0.4 is 0 Å². The molecule has 0 saturated carbocycles. The van der Waals surface area contributed by atoms with E-state index in [0.717, 1.165) is 34.1 Å². The third-order valence-corrected chi connectivity index (χ3v) is 4.96. The van der Waals surface area contributed by atoms with Gasteiger partial charge < -0.3 is 0 Å². The van der Waals surface area contributed by atoms with Gasteiger partial charge in [-0.1, -0.05) is 30.4 Å². The Morgan fingerprint density at radius 1 is 1.26 bits per heavy atom. The maximum atomic E-state index is 4.46. The molecule has 0 spiro atoms. The molecule has 6 nitrogen and oxygen atoms in total. The average molecular weight is 379 g/mol. The van der Waals surface area contributed by atoms with E-state index in [-0.39, 0.29) is 0 Å². The molecule has 138 valence electrons. The second-order valence-corrected chi connectivity index (χ2v) is 7.16. The summed E-state index contributed by atoms with van der Waals surface area (Å²) in [5.74, 6) is 1.57. The van der Waals surface area contributed by atoms with Crippen LogP contribution in [0.1, 0.15) is 20.3 Å². The van der Waals surface area contributed by atoms with Crippen LogP contribution in [-0.4, -0.2) is 35.7 Å². The van der Waals surface area contributed by atoms with Crippen molar-refractivity contribution < 1.29 is 0 Å². The van der Waals surface area contributed by atoms with Crippen molar-refractivity contribution in [3.8, 4) is 17.1 Å². The number of aromatic amines is 1. The number of pyridine rings is 1. The van der Waals surface area contributed by atoms with Crippen molar-refractivity contribution in [2.24, 2.45) is 0 Å². The molecule has 0 aromatic carbocycles. The zero-order valence-corrected chi connectivity index (χ0v) is 16.3. The van der Waals surface area contributed by atoms with Crippen LogP contribution in [0.3, 0.4) is 0 Å². The first kappa shape index (κ1) is 18.8. The molecule has 0 radical (unpaired) electrons. The van der Waals surface area contributed by atoms with E-state index in [2.05, 4.69) is 57.8 Å². The number of allylic oxidation sites excluding steroid dienone is 4.